The fourth-order valence-corrected chi connectivity index (χ4v) is 2.92. The third kappa shape index (κ3) is 5.11. The Morgan fingerprint density at radius 2 is 2.05 bits per heavy atom. The molecule has 1 rings (SSSR count). The molecular formula is C15H27BrN4O. The fraction of sp³-hybridized carbons (Fsp3) is 0.733. The van der Waals surface area contributed by atoms with Gasteiger partial charge in [0.1, 0.15) is 0 Å². The van der Waals surface area contributed by atoms with Gasteiger partial charge in [0.25, 0.3) is 0 Å². The summed E-state index contributed by atoms with van der Waals surface area (Å²) in [4.78, 5) is 14.1. The van der Waals surface area contributed by atoms with Crippen molar-refractivity contribution in [2.75, 3.05) is 13.1 Å². The zero-order valence-corrected chi connectivity index (χ0v) is 15.3. The van der Waals surface area contributed by atoms with Crippen molar-refractivity contribution in [1.82, 2.24) is 20.0 Å². The third-order valence-electron chi connectivity index (χ3n) is 3.33. The van der Waals surface area contributed by atoms with E-state index < -0.39 is 0 Å². The monoisotopic (exact) mass is 358 g/mol. The number of hydrogen-bond donors (Lipinski definition) is 1. The van der Waals surface area contributed by atoms with E-state index in [4.69, 9.17) is 0 Å². The molecule has 1 N–H and O–H groups in total. The molecule has 1 heterocycles. The van der Waals surface area contributed by atoms with Gasteiger partial charge in [-0.25, -0.2) is 0 Å². The van der Waals surface area contributed by atoms with Crippen molar-refractivity contribution in [3.63, 3.8) is 0 Å². The number of aryl methyl sites for hydroxylation is 2. The molecule has 21 heavy (non-hydrogen) atoms. The van der Waals surface area contributed by atoms with Gasteiger partial charge in [0.2, 0.25) is 5.91 Å². The van der Waals surface area contributed by atoms with Crippen molar-refractivity contribution in [2.45, 2.75) is 60.2 Å². The first-order valence-corrected chi connectivity index (χ1v) is 8.47. The van der Waals surface area contributed by atoms with Crippen LogP contribution in [0.2, 0.25) is 0 Å². The molecule has 0 saturated carbocycles. The Morgan fingerprint density at radius 3 is 2.52 bits per heavy atom. The summed E-state index contributed by atoms with van der Waals surface area (Å²) in [6.45, 7) is 13.0. The van der Waals surface area contributed by atoms with Crippen LogP contribution in [-0.4, -0.2) is 39.7 Å². The van der Waals surface area contributed by atoms with Gasteiger partial charge in [-0.3, -0.25) is 14.4 Å². The van der Waals surface area contributed by atoms with Crippen LogP contribution < -0.4 is 5.32 Å². The van der Waals surface area contributed by atoms with Crippen LogP contribution in [0.4, 0.5) is 0 Å². The van der Waals surface area contributed by atoms with E-state index in [0.29, 0.717) is 6.54 Å². The van der Waals surface area contributed by atoms with E-state index in [0.717, 1.165) is 41.9 Å². The van der Waals surface area contributed by atoms with Crippen molar-refractivity contribution >= 4 is 21.8 Å². The van der Waals surface area contributed by atoms with E-state index in [-0.39, 0.29) is 11.9 Å². The van der Waals surface area contributed by atoms with Gasteiger partial charge >= 0.3 is 0 Å². The first-order valence-electron chi connectivity index (χ1n) is 7.68. The van der Waals surface area contributed by atoms with Gasteiger partial charge in [0, 0.05) is 19.1 Å². The second-order valence-corrected chi connectivity index (χ2v) is 6.20. The Morgan fingerprint density at radius 1 is 1.38 bits per heavy atom. The Bertz CT molecular complexity index is 470. The quantitative estimate of drug-likeness (QED) is 0.776. The van der Waals surface area contributed by atoms with Crippen LogP contribution in [0.1, 0.15) is 46.0 Å². The average Bonchev–Trinajstić information content (AvgIpc) is 2.73. The predicted molar refractivity (Wildman–Crippen MR) is 89.2 cm³/mol. The molecule has 0 aliphatic rings. The number of aromatic nitrogens is 2. The van der Waals surface area contributed by atoms with Crippen molar-refractivity contribution in [1.29, 1.82) is 0 Å². The van der Waals surface area contributed by atoms with Crippen molar-refractivity contribution in [3.8, 4) is 0 Å². The van der Waals surface area contributed by atoms with E-state index >= 15 is 0 Å². The number of nitrogens with zero attached hydrogens (tertiary/aromatic N) is 3. The number of halogens is 1. The largest absolute Gasteiger partial charge is 0.353 e. The van der Waals surface area contributed by atoms with Gasteiger partial charge in [-0.15, -0.1) is 0 Å². The van der Waals surface area contributed by atoms with E-state index in [1.165, 1.54) is 0 Å². The Hall–Kier alpha value is -0.880. The number of carbonyl (C=O) groups is 1. The number of nitrogens with one attached hydrogen (secondary N) is 1. The Balaban J connectivity index is 2.81. The summed E-state index contributed by atoms with van der Waals surface area (Å²) in [7, 11) is 0. The molecule has 0 aromatic carbocycles. The standard InChI is InChI=1S/C15H27BrN4O/c1-6-12-15(16)13(20(8-3)18-12)9-19(7-2)10-14(21)17-11(4)5/h11H,6-10H2,1-5H3,(H,17,21). The highest BCUT2D eigenvalue weighted by Gasteiger charge is 2.18. The number of amides is 1. The number of carbonyl (C=O) groups excluding carboxylic acids is 1. The smallest absolute Gasteiger partial charge is 0.234 e. The van der Waals surface area contributed by atoms with Crippen molar-refractivity contribution in [3.05, 3.63) is 15.9 Å². The van der Waals surface area contributed by atoms with E-state index in [1.807, 2.05) is 18.5 Å². The van der Waals surface area contributed by atoms with Crippen LogP contribution >= 0.6 is 15.9 Å². The van der Waals surface area contributed by atoms with Crippen LogP contribution in [0.15, 0.2) is 4.47 Å². The molecule has 5 nitrogen and oxygen atoms in total. The van der Waals surface area contributed by atoms with E-state index in [1.54, 1.807) is 0 Å². The molecule has 1 amide bonds. The molecule has 1 aromatic heterocycles. The van der Waals surface area contributed by atoms with Crippen LogP contribution in [-0.2, 0) is 24.3 Å². The summed E-state index contributed by atoms with van der Waals surface area (Å²) in [5.41, 5.74) is 2.23. The minimum atomic E-state index is 0.0706. The molecule has 0 saturated heterocycles. The zero-order valence-electron chi connectivity index (χ0n) is 13.7. The molecule has 0 unspecified atom stereocenters. The summed E-state index contributed by atoms with van der Waals surface area (Å²) < 4.78 is 3.10. The molecule has 0 aliphatic heterocycles. The van der Waals surface area contributed by atoms with Gasteiger partial charge in [0.05, 0.1) is 22.4 Å². The highest BCUT2D eigenvalue weighted by atomic mass is 79.9. The van der Waals surface area contributed by atoms with Gasteiger partial charge < -0.3 is 5.32 Å². The van der Waals surface area contributed by atoms with Crippen molar-refractivity contribution in [2.24, 2.45) is 0 Å². The lowest BCUT2D eigenvalue weighted by Crippen LogP contribution is -2.40. The number of rotatable bonds is 8. The van der Waals surface area contributed by atoms with E-state index in [9.17, 15) is 4.79 Å². The van der Waals surface area contributed by atoms with Crippen LogP contribution in [0.25, 0.3) is 0 Å². The van der Waals surface area contributed by atoms with Gasteiger partial charge in [-0.2, -0.15) is 5.10 Å². The van der Waals surface area contributed by atoms with Gasteiger partial charge in [-0.05, 0) is 49.7 Å². The fourth-order valence-electron chi connectivity index (χ4n) is 2.23. The maximum absolute atomic E-state index is 11.9. The number of hydrogen-bond acceptors (Lipinski definition) is 3. The molecule has 120 valence electrons. The third-order valence-corrected chi connectivity index (χ3v) is 4.25. The molecule has 0 bridgehead atoms. The molecule has 0 radical (unpaired) electrons. The zero-order chi connectivity index (χ0) is 16.0. The van der Waals surface area contributed by atoms with Gasteiger partial charge in [-0.1, -0.05) is 13.8 Å². The van der Waals surface area contributed by atoms with Crippen LogP contribution in [0, 0.1) is 0 Å². The van der Waals surface area contributed by atoms with E-state index in [2.05, 4.69) is 52.0 Å². The van der Waals surface area contributed by atoms with Crippen molar-refractivity contribution < 1.29 is 4.79 Å². The minimum absolute atomic E-state index is 0.0706. The predicted octanol–water partition coefficient (Wildman–Crippen LogP) is 2.57. The Labute approximate surface area is 136 Å². The summed E-state index contributed by atoms with van der Waals surface area (Å²) in [6.07, 6.45) is 0.903. The normalized spacial score (nSPS) is 11.4. The number of likely N-dealkylation sites (N-methyl/N-ethyl adjacent to an activating group) is 1. The Kier molecular flexibility index (Phi) is 7.39. The highest BCUT2D eigenvalue weighted by molar-refractivity contribution is 9.10. The van der Waals surface area contributed by atoms with Crippen LogP contribution in [0.3, 0.4) is 0 Å². The maximum Gasteiger partial charge on any atom is 0.234 e. The maximum atomic E-state index is 11.9. The minimum Gasteiger partial charge on any atom is -0.353 e. The lowest BCUT2D eigenvalue weighted by molar-refractivity contribution is -0.122. The molecular weight excluding hydrogens is 332 g/mol. The lowest BCUT2D eigenvalue weighted by atomic mass is 10.3. The molecule has 1 aromatic rings. The summed E-state index contributed by atoms with van der Waals surface area (Å²) in [5.74, 6) is 0.0706. The molecule has 0 atom stereocenters. The van der Waals surface area contributed by atoms with Crippen LogP contribution in [0.5, 0.6) is 0 Å². The first kappa shape index (κ1) is 18.2. The topological polar surface area (TPSA) is 50.2 Å². The summed E-state index contributed by atoms with van der Waals surface area (Å²) >= 11 is 3.66. The molecule has 6 heteroatoms. The molecule has 0 fully saturated rings. The SMILES string of the molecule is CCc1nn(CC)c(CN(CC)CC(=O)NC(C)C)c1Br. The second-order valence-electron chi connectivity index (χ2n) is 5.40. The lowest BCUT2D eigenvalue weighted by Gasteiger charge is -2.21. The first-order chi connectivity index (χ1) is 9.92. The molecule has 0 aliphatic carbocycles. The average molecular weight is 359 g/mol. The summed E-state index contributed by atoms with van der Waals surface area (Å²) in [6, 6.07) is 0.177. The molecule has 0 spiro atoms. The highest BCUT2D eigenvalue weighted by Crippen LogP contribution is 2.23. The second kappa shape index (κ2) is 8.54. The summed E-state index contributed by atoms with van der Waals surface area (Å²) in [5, 5.41) is 7.54. The van der Waals surface area contributed by atoms with Gasteiger partial charge in [0.15, 0.2) is 0 Å².